The zero-order valence-corrected chi connectivity index (χ0v) is 15.6. The largest absolute Gasteiger partial charge is 0.465 e. The molecule has 2 aromatic heterocycles. The van der Waals surface area contributed by atoms with Crippen molar-refractivity contribution in [1.29, 1.82) is 0 Å². The molecule has 0 saturated heterocycles. The SMILES string of the molecule is COC(=O)c1ccccc1NC(=O)c1cncc(C(=O)NCc2ccccn2)c1. The van der Waals surface area contributed by atoms with Gasteiger partial charge in [0.25, 0.3) is 11.8 Å². The summed E-state index contributed by atoms with van der Waals surface area (Å²) < 4.78 is 4.72. The number of carbonyl (C=O) groups excluding carboxylic acids is 3. The van der Waals surface area contributed by atoms with Crippen LogP contribution >= 0.6 is 0 Å². The number of hydrogen-bond donors (Lipinski definition) is 2. The number of ether oxygens (including phenoxy) is 1. The van der Waals surface area contributed by atoms with Gasteiger partial charge in [-0.2, -0.15) is 0 Å². The van der Waals surface area contributed by atoms with E-state index in [1.165, 1.54) is 25.6 Å². The van der Waals surface area contributed by atoms with Crippen molar-refractivity contribution < 1.29 is 19.1 Å². The number of aromatic nitrogens is 2. The third-order valence-corrected chi connectivity index (χ3v) is 4.00. The smallest absolute Gasteiger partial charge is 0.339 e. The molecule has 0 aliphatic heterocycles. The van der Waals surface area contributed by atoms with Gasteiger partial charge in [0.05, 0.1) is 41.7 Å². The number of anilines is 1. The maximum absolute atomic E-state index is 12.6. The van der Waals surface area contributed by atoms with Gasteiger partial charge in [-0.15, -0.1) is 0 Å². The lowest BCUT2D eigenvalue weighted by molar-refractivity contribution is 0.0601. The molecule has 0 atom stereocenters. The first kappa shape index (κ1) is 19.7. The van der Waals surface area contributed by atoms with E-state index in [1.54, 1.807) is 42.6 Å². The highest BCUT2D eigenvalue weighted by Crippen LogP contribution is 2.17. The molecule has 0 radical (unpaired) electrons. The van der Waals surface area contributed by atoms with Crippen LogP contribution in [0.4, 0.5) is 5.69 Å². The second-order valence-electron chi connectivity index (χ2n) is 5.96. The summed E-state index contributed by atoms with van der Waals surface area (Å²) in [4.78, 5) is 44.9. The van der Waals surface area contributed by atoms with Crippen LogP contribution in [0.1, 0.15) is 36.8 Å². The maximum atomic E-state index is 12.6. The molecule has 3 aromatic rings. The number of rotatable bonds is 6. The Kier molecular flexibility index (Phi) is 6.26. The topological polar surface area (TPSA) is 110 Å². The minimum Gasteiger partial charge on any atom is -0.465 e. The number of hydrogen-bond acceptors (Lipinski definition) is 6. The number of benzene rings is 1. The van der Waals surface area contributed by atoms with Crippen molar-refractivity contribution in [3.63, 3.8) is 0 Å². The molecule has 1 aromatic carbocycles. The zero-order valence-electron chi connectivity index (χ0n) is 15.6. The lowest BCUT2D eigenvalue weighted by atomic mass is 10.1. The Balaban J connectivity index is 1.71. The monoisotopic (exact) mass is 390 g/mol. The summed E-state index contributed by atoms with van der Waals surface area (Å²) in [6.45, 7) is 0.253. The molecule has 2 heterocycles. The van der Waals surface area contributed by atoms with E-state index in [2.05, 4.69) is 20.6 Å². The lowest BCUT2D eigenvalue weighted by Gasteiger charge is -2.10. The first-order chi connectivity index (χ1) is 14.1. The van der Waals surface area contributed by atoms with E-state index in [4.69, 9.17) is 4.74 Å². The quantitative estimate of drug-likeness (QED) is 0.626. The number of carbonyl (C=O) groups is 3. The fourth-order valence-corrected chi connectivity index (χ4v) is 2.54. The molecular weight excluding hydrogens is 372 g/mol. The number of amides is 2. The van der Waals surface area contributed by atoms with Crippen molar-refractivity contribution in [2.45, 2.75) is 6.54 Å². The summed E-state index contributed by atoms with van der Waals surface area (Å²) >= 11 is 0. The number of esters is 1. The van der Waals surface area contributed by atoms with Gasteiger partial charge in [-0.25, -0.2) is 4.79 Å². The molecule has 3 rings (SSSR count). The lowest BCUT2D eigenvalue weighted by Crippen LogP contribution is -2.24. The molecule has 29 heavy (non-hydrogen) atoms. The molecule has 0 aliphatic rings. The van der Waals surface area contributed by atoms with Crippen molar-refractivity contribution in [1.82, 2.24) is 15.3 Å². The summed E-state index contributed by atoms with van der Waals surface area (Å²) in [5, 5.41) is 5.37. The molecular formula is C21H18N4O4. The highest BCUT2D eigenvalue weighted by Gasteiger charge is 2.16. The van der Waals surface area contributed by atoms with Crippen molar-refractivity contribution in [3.8, 4) is 0 Å². The second kappa shape index (κ2) is 9.23. The van der Waals surface area contributed by atoms with Crippen LogP contribution in [0.15, 0.2) is 67.1 Å². The number of nitrogens with one attached hydrogen (secondary N) is 2. The fourth-order valence-electron chi connectivity index (χ4n) is 2.54. The van der Waals surface area contributed by atoms with Crippen LogP contribution in [0.25, 0.3) is 0 Å². The Labute approximate surface area is 167 Å². The predicted molar refractivity (Wildman–Crippen MR) is 105 cm³/mol. The van der Waals surface area contributed by atoms with Gasteiger partial charge in [0.1, 0.15) is 0 Å². The third kappa shape index (κ3) is 5.01. The highest BCUT2D eigenvalue weighted by atomic mass is 16.5. The van der Waals surface area contributed by atoms with Crippen LogP contribution in [-0.2, 0) is 11.3 Å². The minimum atomic E-state index is -0.568. The maximum Gasteiger partial charge on any atom is 0.339 e. The first-order valence-corrected chi connectivity index (χ1v) is 8.70. The number of methoxy groups -OCH3 is 1. The zero-order chi connectivity index (χ0) is 20.6. The van der Waals surface area contributed by atoms with E-state index in [9.17, 15) is 14.4 Å². The van der Waals surface area contributed by atoms with E-state index in [1.807, 2.05) is 6.07 Å². The van der Waals surface area contributed by atoms with Gasteiger partial charge in [0.15, 0.2) is 0 Å². The normalized spacial score (nSPS) is 10.1. The summed E-state index contributed by atoms with van der Waals surface area (Å²) in [5.74, 6) is -1.46. The van der Waals surface area contributed by atoms with Gasteiger partial charge in [0.2, 0.25) is 0 Å². The summed E-state index contributed by atoms with van der Waals surface area (Å²) in [6, 6.07) is 13.3. The summed E-state index contributed by atoms with van der Waals surface area (Å²) in [5.41, 5.74) is 1.64. The van der Waals surface area contributed by atoms with E-state index in [0.717, 1.165) is 0 Å². The van der Waals surface area contributed by atoms with Gasteiger partial charge in [-0.05, 0) is 30.3 Å². The number of para-hydroxylation sites is 1. The Morgan fingerprint density at radius 1 is 0.966 bits per heavy atom. The van der Waals surface area contributed by atoms with E-state index in [0.29, 0.717) is 11.4 Å². The van der Waals surface area contributed by atoms with E-state index in [-0.39, 0.29) is 29.1 Å². The highest BCUT2D eigenvalue weighted by molar-refractivity contribution is 6.08. The third-order valence-electron chi connectivity index (χ3n) is 4.00. The summed E-state index contributed by atoms with van der Waals surface area (Å²) in [6.07, 6.45) is 4.35. The predicted octanol–water partition coefficient (Wildman–Crippen LogP) is 2.45. The van der Waals surface area contributed by atoms with Crippen LogP contribution in [0.5, 0.6) is 0 Å². The standard InChI is InChI=1S/C21H18N4O4/c1-29-21(28)17-7-2-3-8-18(17)25-20(27)15-10-14(11-22-12-15)19(26)24-13-16-6-4-5-9-23-16/h2-12H,13H2,1H3,(H,24,26)(H,25,27). The minimum absolute atomic E-state index is 0.176. The van der Waals surface area contributed by atoms with Crippen molar-refractivity contribution in [2.24, 2.45) is 0 Å². The van der Waals surface area contributed by atoms with Crippen LogP contribution in [0.3, 0.4) is 0 Å². The Morgan fingerprint density at radius 2 is 1.69 bits per heavy atom. The average molecular weight is 390 g/mol. The Bertz CT molecular complexity index is 1040. The molecule has 2 N–H and O–H groups in total. The molecule has 0 unspecified atom stereocenters. The van der Waals surface area contributed by atoms with Crippen molar-refractivity contribution in [2.75, 3.05) is 12.4 Å². The van der Waals surface area contributed by atoms with Gasteiger partial charge in [-0.3, -0.25) is 19.6 Å². The molecule has 2 amide bonds. The summed E-state index contributed by atoms with van der Waals surface area (Å²) in [7, 11) is 1.26. The molecule has 8 heteroatoms. The van der Waals surface area contributed by atoms with Crippen LogP contribution in [0, 0.1) is 0 Å². The van der Waals surface area contributed by atoms with Gasteiger partial charge >= 0.3 is 5.97 Å². The Morgan fingerprint density at radius 3 is 2.41 bits per heavy atom. The van der Waals surface area contributed by atoms with Crippen molar-refractivity contribution in [3.05, 3.63) is 89.5 Å². The molecule has 0 spiro atoms. The second-order valence-corrected chi connectivity index (χ2v) is 5.96. The number of nitrogens with zero attached hydrogens (tertiary/aromatic N) is 2. The average Bonchev–Trinajstić information content (AvgIpc) is 2.78. The first-order valence-electron chi connectivity index (χ1n) is 8.70. The molecule has 146 valence electrons. The van der Waals surface area contributed by atoms with Crippen LogP contribution in [-0.4, -0.2) is 34.9 Å². The van der Waals surface area contributed by atoms with E-state index >= 15 is 0 Å². The van der Waals surface area contributed by atoms with Gasteiger partial charge < -0.3 is 15.4 Å². The number of pyridine rings is 2. The van der Waals surface area contributed by atoms with Gasteiger partial charge in [0, 0.05) is 18.6 Å². The molecule has 0 saturated carbocycles. The molecule has 0 aliphatic carbocycles. The van der Waals surface area contributed by atoms with Gasteiger partial charge in [-0.1, -0.05) is 18.2 Å². The Hall–Kier alpha value is -4.07. The van der Waals surface area contributed by atoms with Crippen molar-refractivity contribution >= 4 is 23.5 Å². The fraction of sp³-hybridized carbons (Fsp3) is 0.0952. The molecule has 0 bridgehead atoms. The van der Waals surface area contributed by atoms with Crippen LogP contribution in [0.2, 0.25) is 0 Å². The molecule has 8 nitrogen and oxygen atoms in total. The van der Waals surface area contributed by atoms with E-state index < -0.39 is 11.9 Å². The molecule has 0 fully saturated rings. The van der Waals surface area contributed by atoms with Crippen LogP contribution < -0.4 is 10.6 Å².